The molecule has 1 aliphatic rings. The van der Waals surface area contributed by atoms with Gasteiger partial charge in [0.15, 0.2) is 0 Å². The van der Waals surface area contributed by atoms with Gasteiger partial charge in [0.25, 0.3) is 10.0 Å². The van der Waals surface area contributed by atoms with Crippen molar-refractivity contribution in [3.05, 3.63) is 74.4 Å². The van der Waals surface area contributed by atoms with Gasteiger partial charge in [-0.2, -0.15) is 5.26 Å². The molecule has 2 heterocycles. The molecule has 0 amide bonds. The van der Waals surface area contributed by atoms with Crippen LogP contribution in [-0.4, -0.2) is 39.6 Å². The van der Waals surface area contributed by atoms with Crippen LogP contribution in [0.4, 0.5) is 17.2 Å². The van der Waals surface area contributed by atoms with Gasteiger partial charge in [-0.25, -0.2) is 13.4 Å². The van der Waals surface area contributed by atoms with Crippen molar-refractivity contribution in [3.63, 3.8) is 0 Å². The number of halogens is 3. The fraction of sp³-hybridized carbons (Fsp3) is 0.250. The van der Waals surface area contributed by atoms with E-state index in [-0.39, 0.29) is 15.6 Å². The van der Waals surface area contributed by atoms with Crippen LogP contribution in [0, 0.1) is 25.2 Å². The lowest BCUT2D eigenvalue weighted by atomic mass is 10.1. The second-order valence-electron chi connectivity index (χ2n) is 8.14. The molecule has 0 saturated carbocycles. The summed E-state index contributed by atoms with van der Waals surface area (Å²) in [6.45, 7) is 6.18. The van der Waals surface area contributed by atoms with Crippen molar-refractivity contribution in [1.82, 2.24) is 4.98 Å². The van der Waals surface area contributed by atoms with Crippen LogP contribution < -0.4 is 14.5 Å². The zero-order valence-corrected chi connectivity index (χ0v) is 22.1. The summed E-state index contributed by atoms with van der Waals surface area (Å²) in [5, 5.41) is 11.0. The Labute approximate surface area is 219 Å². The molecule has 0 unspecified atom stereocenters. The molecule has 0 aliphatic carbocycles. The van der Waals surface area contributed by atoms with Crippen molar-refractivity contribution >= 4 is 62.0 Å². The van der Waals surface area contributed by atoms with E-state index in [4.69, 9.17) is 34.8 Å². The van der Waals surface area contributed by atoms with Crippen LogP contribution in [0.3, 0.4) is 0 Å². The van der Waals surface area contributed by atoms with Crippen LogP contribution >= 0.6 is 34.8 Å². The van der Waals surface area contributed by atoms with Gasteiger partial charge in [0.2, 0.25) is 0 Å². The van der Waals surface area contributed by atoms with Gasteiger partial charge < -0.3 is 9.80 Å². The maximum absolute atomic E-state index is 13.0. The quantitative estimate of drug-likeness (QED) is 0.441. The van der Waals surface area contributed by atoms with Gasteiger partial charge in [-0.1, -0.05) is 40.9 Å². The molecule has 1 aliphatic heterocycles. The lowest BCUT2D eigenvalue weighted by Gasteiger charge is -2.37. The standard InChI is InChI=1S/C24H22Cl3N5O2S/c1-15-20(14-28)24(32-10-8-31(9-11-32)19-5-3-4-17(25)12-19)29-16(2)23(15)30-35(33,34)22-7-6-18(26)13-21(22)27/h3-7,12-13,30H,8-11H2,1-2H3. The maximum atomic E-state index is 13.0. The summed E-state index contributed by atoms with van der Waals surface area (Å²) in [5.41, 5.74) is 2.59. The summed E-state index contributed by atoms with van der Waals surface area (Å²) >= 11 is 18.2. The lowest BCUT2D eigenvalue weighted by molar-refractivity contribution is 0.601. The van der Waals surface area contributed by atoms with Crippen LogP contribution in [0.5, 0.6) is 0 Å². The third kappa shape index (κ3) is 5.29. The molecule has 2 aromatic carbocycles. The predicted octanol–water partition coefficient (Wildman–Crippen LogP) is 5.66. The smallest absolute Gasteiger partial charge is 0.263 e. The van der Waals surface area contributed by atoms with Gasteiger partial charge in [0.05, 0.1) is 22.0 Å². The van der Waals surface area contributed by atoms with Crippen LogP contribution in [0.15, 0.2) is 47.4 Å². The van der Waals surface area contributed by atoms with E-state index >= 15 is 0 Å². The van der Waals surface area contributed by atoms with E-state index in [9.17, 15) is 13.7 Å². The molecule has 0 spiro atoms. The monoisotopic (exact) mass is 549 g/mol. The molecule has 1 saturated heterocycles. The second kappa shape index (κ2) is 10.1. The van der Waals surface area contributed by atoms with E-state index in [1.54, 1.807) is 13.8 Å². The highest BCUT2D eigenvalue weighted by atomic mass is 35.5. The minimum absolute atomic E-state index is 0.00275. The highest BCUT2D eigenvalue weighted by molar-refractivity contribution is 7.92. The Morgan fingerprint density at radius 2 is 1.63 bits per heavy atom. The third-order valence-electron chi connectivity index (χ3n) is 5.89. The normalized spacial score (nSPS) is 14.1. The number of piperazine rings is 1. The Hall–Kier alpha value is -2.70. The minimum atomic E-state index is -4.03. The number of pyridine rings is 1. The number of rotatable bonds is 5. The number of anilines is 3. The highest BCUT2D eigenvalue weighted by Gasteiger charge is 2.26. The van der Waals surface area contributed by atoms with E-state index in [0.717, 1.165) is 18.8 Å². The molecule has 3 aromatic rings. The maximum Gasteiger partial charge on any atom is 0.263 e. The van der Waals surface area contributed by atoms with Crippen LogP contribution in [0.2, 0.25) is 15.1 Å². The van der Waals surface area contributed by atoms with E-state index in [1.807, 2.05) is 29.2 Å². The first kappa shape index (κ1) is 25.4. The molecule has 7 nitrogen and oxygen atoms in total. The molecular weight excluding hydrogens is 529 g/mol. The average Bonchev–Trinajstić information content (AvgIpc) is 2.81. The molecule has 1 aromatic heterocycles. The number of benzene rings is 2. The summed E-state index contributed by atoms with van der Waals surface area (Å²) < 4.78 is 28.7. The van der Waals surface area contributed by atoms with Crippen LogP contribution in [0.1, 0.15) is 16.8 Å². The van der Waals surface area contributed by atoms with Gasteiger partial charge in [0.1, 0.15) is 16.8 Å². The van der Waals surface area contributed by atoms with E-state index in [0.29, 0.717) is 45.8 Å². The van der Waals surface area contributed by atoms with Crippen molar-refractivity contribution in [1.29, 1.82) is 5.26 Å². The zero-order valence-electron chi connectivity index (χ0n) is 19.0. The Morgan fingerprint density at radius 1 is 0.971 bits per heavy atom. The third-order valence-corrected chi connectivity index (χ3v) is 8.20. The SMILES string of the molecule is Cc1nc(N2CCN(c3cccc(Cl)c3)CC2)c(C#N)c(C)c1NS(=O)(=O)c1ccc(Cl)cc1Cl. The molecule has 4 rings (SSSR count). The number of nitrogens with zero attached hydrogens (tertiary/aromatic N) is 4. The Bertz CT molecular complexity index is 1430. The first-order chi connectivity index (χ1) is 16.6. The van der Waals surface area contributed by atoms with Gasteiger partial charge in [-0.3, -0.25) is 4.72 Å². The summed E-state index contributed by atoms with van der Waals surface area (Å²) in [5.74, 6) is 0.542. The van der Waals surface area contributed by atoms with Gasteiger partial charge >= 0.3 is 0 Å². The number of nitrogens with one attached hydrogen (secondary N) is 1. The molecule has 0 atom stereocenters. The minimum Gasteiger partial charge on any atom is -0.368 e. The fourth-order valence-corrected chi connectivity index (χ4v) is 6.22. The number of nitriles is 1. The number of aromatic nitrogens is 1. The number of sulfonamides is 1. The molecule has 0 bridgehead atoms. The molecule has 1 N–H and O–H groups in total. The number of hydrogen-bond acceptors (Lipinski definition) is 6. The highest BCUT2D eigenvalue weighted by Crippen LogP contribution is 2.33. The van der Waals surface area contributed by atoms with Crippen LogP contribution in [0.25, 0.3) is 0 Å². The van der Waals surface area contributed by atoms with Gasteiger partial charge in [-0.15, -0.1) is 0 Å². The fourth-order valence-electron chi connectivity index (χ4n) is 4.08. The van der Waals surface area contributed by atoms with Crippen molar-refractivity contribution in [2.45, 2.75) is 18.7 Å². The molecular formula is C24H22Cl3N5O2S. The first-order valence-corrected chi connectivity index (χ1v) is 13.4. The van der Waals surface area contributed by atoms with Crippen molar-refractivity contribution in [3.8, 4) is 6.07 Å². The van der Waals surface area contributed by atoms with Crippen molar-refractivity contribution < 1.29 is 8.42 Å². The molecule has 1 fully saturated rings. The van der Waals surface area contributed by atoms with Crippen molar-refractivity contribution in [2.24, 2.45) is 0 Å². The number of aryl methyl sites for hydroxylation is 1. The van der Waals surface area contributed by atoms with Gasteiger partial charge in [-0.05, 0) is 55.8 Å². The summed E-state index contributed by atoms with van der Waals surface area (Å²) in [4.78, 5) is 8.81. The van der Waals surface area contributed by atoms with Gasteiger partial charge in [0, 0.05) is 41.9 Å². The van der Waals surface area contributed by atoms with E-state index in [1.165, 1.54) is 18.2 Å². The Morgan fingerprint density at radius 3 is 2.26 bits per heavy atom. The zero-order chi connectivity index (χ0) is 25.3. The summed E-state index contributed by atoms with van der Waals surface area (Å²) in [6.07, 6.45) is 0. The first-order valence-electron chi connectivity index (χ1n) is 10.8. The average molecular weight is 551 g/mol. The number of hydrogen-bond donors (Lipinski definition) is 1. The molecule has 35 heavy (non-hydrogen) atoms. The molecule has 182 valence electrons. The van der Waals surface area contributed by atoms with E-state index < -0.39 is 10.0 Å². The molecule has 0 radical (unpaired) electrons. The largest absolute Gasteiger partial charge is 0.368 e. The van der Waals surface area contributed by atoms with Crippen LogP contribution in [-0.2, 0) is 10.0 Å². The lowest BCUT2D eigenvalue weighted by Crippen LogP contribution is -2.47. The van der Waals surface area contributed by atoms with Crippen molar-refractivity contribution in [2.75, 3.05) is 40.7 Å². The predicted molar refractivity (Wildman–Crippen MR) is 142 cm³/mol. The molecule has 11 heteroatoms. The Balaban J connectivity index is 1.61. The topological polar surface area (TPSA) is 89.3 Å². The van der Waals surface area contributed by atoms with E-state index in [2.05, 4.69) is 20.7 Å². The summed E-state index contributed by atoms with van der Waals surface area (Å²) in [6, 6.07) is 14.1. The summed E-state index contributed by atoms with van der Waals surface area (Å²) in [7, 11) is -4.03. The second-order valence-corrected chi connectivity index (χ2v) is 11.1. The Kier molecular flexibility index (Phi) is 7.34.